The lowest BCUT2D eigenvalue weighted by atomic mass is 10.1. The minimum atomic E-state index is -0.171. The van der Waals surface area contributed by atoms with Crippen LogP contribution in [0.2, 0.25) is 0 Å². The summed E-state index contributed by atoms with van der Waals surface area (Å²) in [6, 6.07) is 10.0. The first kappa shape index (κ1) is 10.5. The van der Waals surface area contributed by atoms with Gasteiger partial charge < -0.3 is 4.74 Å². The summed E-state index contributed by atoms with van der Waals surface area (Å²) in [5.41, 5.74) is 2.99. The third-order valence-electron chi connectivity index (χ3n) is 3.00. The molecule has 0 aliphatic carbocycles. The van der Waals surface area contributed by atoms with E-state index >= 15 is 0 Å². The first-order valence-corrected chi connectivity index (χ1v) is 6.50. The van der Waals surface area contributed by atoms with Gasteiger partial charge in [0, 0.05) is 15.3 Å². The monoisotopic (exact) mass is 244 g/mol. The number of hydrogen-bond acceptors (Lipinski definition) is 3. The number of esters is 1. The van der Waals surface area contributed by atoms with Crippen LogP contribution in [0.1, 0.15) is 27.7 Å². The summed E-state index contributed by atoms with van der Waals surface area (Å²) in [6.07, 6.45) is 0.955. The van der Waals surface area contributed by atoms with Gasteiger partial charge in [-0.25, -0.2) is 4.79 Å². The summed E-state index contributed by atoms with van der Waals surface area (Å²) >= 11 is 1.72. The molecule has 2 nitrogen and oxygen atoms in total. The van der Waals surface area contributed by atoms with Crippen molar-refractivity contribution in [2.75, 3.05) is 0 Å². The largest absolute Gasteiger partial charge is 0.457 e. The molecular weight excluding hydrogens is 232 g/mol. The number of thiophene rings is 1. The Morgan fingerprint density at radius 1 is 1.29 bits per heavy atom. The van der Waals surface area contributed by atoms with Crippen molar-refractivity contribution in [3.8, 4) is 10.4 Å². The highest BCUT2D eigenvalue weighted by molar-refractivity contribution is 7.16. The van der Waals surface area contributed by atoms with Crippen LogP contribution >= 0.6 is 11.3 Å². The fraction of sp³-hybridized carbons (Fsp3) is 0.214. The molecular formula is C14H12O2S. The number of cyclic esters (lactones) is 1. The zero-order valence-corrected chi connectivity index (χ0v) is 10.3. The topological polar surface area (TPSA) is 26.3 Å². The fourth-order valence-electron chi connectivity index (χ4n) is 2.17. The maximum Gasteiger partial charge on any atom is 0.340 e. The molecule has 0 fully saturated rings. The molecule has 3 rings (SSSR count). The molecule has 17 heavy (non-hydrogen) atoms. The van der Waals surface area contributed by atoms with Crippen molar-refractivity contribution in [2.24, 2.45) is 0 Å². The summed E-state index contributed by atoms with van der Waals surface area (Å²) in [7, 11) is 0. The highest BCUT2D eigenvalue weighted by atomic mass is 32.1. The lowest BCUT2D eigenvalue weighted by molar-refractivity contribution is 0.0535. The van der Waals surface area contributed by atoms with Crippen molar-refractivity contribution in [3.63, 3.8) is 0 Å². The Balaban J connectivity index is 2.22. The molecule has 0 radical (unpaired) electrons. The van der Waals surface area contributed by atoms with E-state index in [2.05, 4.69) is 6.92 Å². The Labute approximate surface area is 104 Å². The van der Waals surface area contributed by atoms with E-state index < -0.39 is 0 Å². The second-order valence-corrected chi connectivity index (χ2v) is 5.11. The molecule has 1 aromatic carbocycles. The van der Waals surface area contributed by atoms with E-state index in [0.29, 0.717) is 6.61 Å². The first-order valence-electron chi connectivity index (χ1n) is 5.68. The Morgan fingerprint density at radius 3 is 2.76 bits per heavy atom. The van der Waals surface area contributed by atoms with Gasteiger partial charge in [-0.05, 0) is 12.0 Å². The van der Waals surface area contributed by atoms with Gasteiger partial charge in [0.2, 0.25) is 0 Å². The Hall–Kier alpha value is -1.61. The van der Waals surface area contributed by atoms with Gasteiger partial charge in [-0.1, -0.05) is 37.3 Å². The third kappa shape index (κ3) is 1.58. The van der Waals surface area contributed by atoms with Crippen LogP contribution in [-0.4, -0.2) is 5.97 Å². The van der Waals surface area contributed by atoms with Crippen LogP contribution < -0.4 is 0 Å². The molecule has 0 saturated heterocycles. The summed E-state index contributed by atoms with van der Waals surface area (Å²) in [4.78, 5) is 14.1. The van der Waals surface area contributed by atoms with E-state index in [-0.39, 0.29) is 5.97 Å². The van der Waals surface area contributed by atoms with E-state index in [4.69, 9.17) is 4.74 Å². The second kappa shape index (κ2) is 4.00. The molecule has 0 atom stereocenters. The highest BCUT2D eigenvalue weighted by Crippen LogP contribution is 2.40. The van der Waals surface area contributed by atoms with Gasteiger partial charge in [0.05, 0.1) is 5.56 Å². The zero-order valence-electron chi connectivity index (χ0n) is 9.53. The normalized spacial score (nSPS) is 13.6. The number of benzene rings is 1. The minimum Gasteiger partial charge on any atom is -0.457 e. The molecule has 2 heterocycles. The number of aryl methyl sites for hydroxylation is 1. The Kier molecular flexibility index (Phi) is 2.48. The van der Waals surface area contributed by atoms with Crippen LogP contribution in [0.25, 0.3) is 10.4 Å². The van der Waals surface area contributed by atoms with Crippen LogP contribution in [0, 0.1) is 0 Å². The molecule has 1 aliphatic heterocycles. The third-order valence-corrected chi connectivity index (χ3v) is 4.42. The number of rotatable bonds is 2. The predicted molar refractivity (Wildman–Crippen MR) is 68.3 cm³/mol. The Morgan fingerprint density at radius 2 is 2.06 bits per heavy atom. The molecule has 0 saturated carbocycles. The molecule has 86 valence electrons. The van der Waals surface area contributed by atoms with Crippen LogP contribution in [0.4, 0.5) is 0 Å². The number of carbonyl (C=O) groups is 1. The summed E-state index contributed by atoms with van der Waals surface area (Å²) in [5.74, 6) is -0.171. The fourth-order valence-corrected chi connectivity index (χ4v) is 3.41. The molecule has 0 N–H and O–H groups in total. The van der Waals surface area contributed by atoms with Crippen molar-refractivity contribution in [1.82, 2.24) is 0 Å². The second-order valence-electron chi connectivity index (χ2n) is 4.00. The van der Waals surface area contributed by atoms with Gasteiger partial charge in [0.1, 0.15) is 6.61 Å². The minimum absolute atomic E-state index is 0.171. The molecule has 2 aromatic rings. The van der Waals surface area contributed by atoms with Crippen molar-refractivity contribution >= 4 is 17.3 Å². The van der Waals surface area contributed by atoms with Crippen LogP contribution in [0.5, 0.6) is 0 Å². The number of ether oxygens (including phenoxy) is 1. The standard InChI is InChI=1S/C14H12O2S/c1-2-11-10-8-16-14(15)12(10)13(17-11)9-6-4-3-5-7-9/h3-7H,2,8H2,1H3. The van der Waals surface area contributed by atoms with Gasteiger partial charge in [-0.3, -0.25) is 0 Å². The molecule has 0 spiro atoms. The smallest absolute Gasteiger partial charge is 0.340 e. The summed E-state index contributed by atoms with van der Waals surface area (Å²) in [5, 5.41) is 0. The number of fused-ring (bicyclic) bond motifs is 1. The SMILES string of the molecule is CCc1sc(-c2ccccc2)c2c1COC2=O. The van der Waals surface area contributed by atoms with E-state index in [9.17, 15) is 4.79 Å². The first-order chi connectivity index (χ1) is 8.31. The van der Waals surface area contributed by atoms with Crippen LogP contribution in [-0.2, 0) is 17.8 Å². The predicted octanol–water partition coefficient (Wildman–Crippen LogP) is 3.65. The van der Waals surface area contributed by atoms with Gasteiger partial charge in [-0.15, -0.1) is 11.3 Å². The molecule has 1 aromatic heterocycles. The maximum absolute atomic E-state index is 11.8. The average molecular weight is 244 g/mol. The van der Waals surface area contributed by atoms with Crippen molar-refractivity contribution in [2.45, 2.75) is 20.0 Å². The lowest BCUT2D eigenvalue weighted by Gasteiger charge is -1.99. The molecule has 3 heteroatoms. The van der Waals surface area contributed by atoms with E-state index in [0.717, 1.165) is 28.0 Å². The zero-order chi connectivity index (χ0) is 11.8. The quantitative estimate of drug-likeness (QED) is 0.754. The van der Waals surface area contributed by atoms with Crippen molar-refractivity contribution < 1.29 is 9.53 Å². The summed E-state index contributed by atoms with van der Waals surface area (Å²) in [6.45, 7) is 2.56. The lowest BCUT2D eigenvalue weighted by Crippen LogP contribution is -1.94. The van der Waals surface area contributed by atoms with Gasteiger partial charge in [-0.2, -0.15) is 0 Å². The van der Waals surface area contributed by atoms with E-state index in [1.165, 1.54) is 4.88 Å². The van der Waals surface area contributed by atoms with Gasteiger partial charge >= 0.3 is 5.97 Å². The molecule has 1 aliphatic rings. The van der Waals surface area contributed by atoms with Crippen molar-refractivity contribution in [3.05, 3.63) is 46.3 Å². The maximum atomic E-state index is 11.8. The molecule has 0 bridgehead atoms. The molecule has 0 unspecified atom stereocenters. The van der Waals surface area contributed by atoms with Crippen LogP contribution in [0.3, 0.4) is 0 Å². The van der Waals surface area contributed by atoms with E-state index in [1.807, 2.05) is 30.3 Å². The van der Waals surface area contributed by atoms with Gasteiger partial charge in [0.25, 0.3) is 0 Å². The van der Waals surface area contributed by atoms with Crippen LogP contribution in [0.15, 0.2) is 30.3 Å². The Bertz CT molecular complexity index is 569. The van der Waals surface area contributed by atoms with E-state index in [1.54, 1.807) is 11.3 Å². The van der Waals surface area contributed by atoms with Gasteiger partial charge in [0.15, 0.2) is 0 Å². The van der Waals surface area contributed by atoms with Crippen molar-refractivity contribution in [1.29, 1.82) is 0 Å². The average Bonchev–Trinajstić information content (AvgIpc) is 2.92. The number of hydrogen-bond donors (Lipinski definition) is 0. The number of carbonyl (C=O) groups excluding carboxylic acids is 1. The molecule has 0 amide bonds. The highest BCUT2D eigenvalue weighted by Gasteiger charge is 2.30. The summed E-state index contributed by atoms with van der Waals surface area (Å²) < 4.78 is 5.14.